The first-order valence-corrected chi connectivity index (χ1v) is 14.8. The van der Waals surface area contributed by atoms with Gasteiger partial charge in [-0.25, -0.2) is 4.79 Å². The quantitative estimate of drug-likeness (QED) is 0.118. The van der Waals surface area contributed by atoms with Crippen molar-refractivity contribution in [2.75, 3.05) is 11.9 Å². The third-order valence-corrected chi connectivity index (χ3v) is 7.98. The molecule has 0 heterocycles. The molecular weight excluding hydrogens is 539 g/mol. The lowest BCUT2D eigenvalue weighted by atomic mass is 10.0. The number of rotatable bonds is 9. The lowest BCUT2D eigenvalue weighted by Crippen LogP contribution is -2.29. The fourth-order valence-corrected chi connectivity index (χ4v) is 5.84. The maximum Gasteiger partial charge on any atom is 0.412 e. The molecule has 0 aromatic heterocycles. The summed E-state index contributed by atoms with van der Waals surface area (Å²) in [5, 5.41) is 8.01. The Hall–Kier alpha value is -4.49. The van der Waals surface area contributed by atoms with E-state index in [2.05, 4.69) is 10.6 Å². The van der Waals surface area contributed by atoms with Gasteiger partial charge in [0, 0.05) is 11.9 Å². The van der Waals surface area contributed by atoms with E-state index in [-0.39, 0.29) is 17.0 Å². The summed E-state index contributed by atoms with van der Waals surface area (Å²) in [4.78, 5) is 47.0. The number of hydrogen-bond acceptors (Lipinski definition) is 4. The summed E-state index contributed by atoms with van der Waals surface area (Å²) < 4.78 is 18.3. The molecule has 0 fully saturated rings. The highest BCUT2D eigenvalue weighted by atomic mass is 31.2. The lowest BCUT2D eigenvalue weighted by molar-refractivity contribution is -0.116. The summed E-state index contributed by atoms with van der Waals surface area (Å²) in [6, 6.07) is 32.4. The smallest absolute Gasteiger partial charge is 0.408 e. The van der Waals surface area contributed by atoms with Crippen molar-refractivity contribution in [3.8, 4) is 5.75 Å². The second kappa shape index (κ2) is 12.4. The topological polar surface area (TPSA) is 125 Å². The van der Waals surface area contributed by atoms with Gasteiger partial charge in [-0.2, -0.15) is 0 Å². The van der Waals surface area contributed by atoms with Crippen LogP contribution in [0.3, 0.4) is 0 Å². The number of carbonyl (C=O) groups is 2. The van der Waals surface area contributed by atoms with E-state index in [1.807, 2.05) is 60.7 Å². The molecule has 5 aromatic rings. The summed E-state index contributed by atoms with van der Waals surface area (Å²) in [6.07, 6.45) is 0.788. The maximum absolute atomic E-state index is 13.7. The van der Waals surface area contributed by atoms with Gasteiger partial charge < -0.3 is 25.2 Å². The summed E-state index contributed by atoms with van der Waals surface area (Å²) in [5.41, 5.74) is -0.278. The fourth-order valence-electron chi connectivity index (χ4n) is 4.88. The molecule has 0 saturated heterocycles. The van der Waals surface area contributed by atoms with Crippen molar-refractivity contribution in [2.24, 2.45) is 0 Å². The molecule has 0 radical (unpaired) electrons. The number of anilines is 1. The van der Waals surface area contributed by atoms with Crippen molar-refractivity contribution in [3.05, 3.63) is 120 Å². The summed E-state index contributed by atoms with van der Waals surface area (Å²) >= 11 is 0. The third-order valence-electron chi connectivity index (χ3n) is 6.80. The van der Waals surface area contributed by atoms with E-state index < -0.39 is 25.3 Å². The SMILES string of the molecule is O=C(NCCCc1ccccc1)Oc1ccc2ccccc2c1NC(=O)C(c1cccc2ccccc12)P(=O)(O)O. The highest BCUT2D eigenvalue weighted by Gasteiger charge is 2.39. The first-order valence-electron chi connectivity index (χ1n) is 13.2. The molecule has 0 saturated carbocycles. The van der Waals surface area contributed by atoms with Crippen LogP contribution in [0, 0.1) is 0 Å². The third kappa shape index (κ3) is 6.64. The zero-order valence-corrected chi connectivity index (χ0v) is 23.0. The van der Waals surface area contributed by atoms with Crippen LogP contribution in [0.4, 0.5) is 10.5 Å². The van der Waals surface area contributed by atoms with E-state index >= 15 is 0 Å². The van der Waals surface area contributed by atoms with Crippen LogP contribution in [-0.4, -0.2) is 28.3 Å². The molecule has 5 aromatic carbocycles. The highest BCUT2D eigenvalue weighted by Crippen LogP contribution is 2.54. The van der Waals surface area contributed by atoms with Gasteiger partial charge in [-0.05, 0) is 46.2 Å². The number of ether oxygens (including phenoxy) is 1. The Bertz CT molecular complexity index is 1750. The molecule has 8 nitrogen and oxygen atoms in total. The van der Waals surface area contributed by atoms with Gasteiger partial charge in [0.25, 0.3) is 0 Å². The second-order valence-electron chi connectivity index (χ2n) is 9.61. The molecule has 0 aliphatic carbocycles. The number of carbonyl (C=O) groups excluding carboxylic acids is 2. The molecule has 5 rings (SSSR count). The van der Waals surface area contributed by atoms with Crippen LogP contribution in [-0.2, 0) is 15.8 Å². The zero-order chi connectivity index (χ0) is 28.8. The van der Waals surface area contributed by atoms with Crippen LogP contribution < -0.4 is 15.4 Å². The van der Waals surface area contributed by atoms with Crippen LogP contribution in [0.5, 0.6) is 5.75 Å². The standard InChI is InChI=1S/C32H29N2O6P/c35-31(30(41(37,38)39)27-18-8-15-23-13-4-6-16-25(23)27)34-29-26-17-7-5-14-24(26)19-20-28(29)40-32(36)33-21-9-12-22-10-2-1-3-11-22/h1-8,10-11,13-20,30H,9,12,21H2,(H,33,36)(H,34,35)(H2,37,38,39). The highest BCUT2D eigenvalue weighted by molar-refractivity contribution is 7.53. The van der Waals surface area contributed by atoms with E-state index in [1.54, 1.807) is 42.5 Å². The molecule has 4 N–H and O–H groups in total. The van der Waals surface area contributed by atoms with Gasteiger partial charge in [-0.1, -0.05) is 103 Å². The Morgan fingerprint density at radius 2 is 1.39 bits per heavy atom. The van der Waals surface area contributed by atoms with Crippen molar-refractivity contribution < 1.29 is 28.7 Å². The first-order chi connectivity index (χ1) is 19.8. The molecule has 2 amide bonds. The van der Waals surface area contributed by atoms with E-state index in [1.165, 1.54) is 6.07 Å². The van der Waals surface area contributed by atoms with Gasteiger partial charge in [-0.15, -0.1) is 0 Å². The van der Waals surface area contributed by atoms with Gasteiger partial charge in [0.15, 0.2) is 11.4 Å². The van der Waals surface area contributed by atoms with Gasteiger partial charge in [0.1, 0.15) is 0 Å². The summed E-state index contributed by atoms with van der Waals surface area (Å²) in [6.45, 7) is 0.379. The number of aryl methyl sites for hydroxylation is 1. The molecule has 1 unspecified atom stereocenters. The minimum atomic E-state index is -4.97. The van der Waals surface area contributed by atoms with Crippen molar-refractivity contribution in [3.63, 3.8) is 0 Å². The Kier molecular flexibility index (Phi) is 8.45. The van der Waals surface area contributed by atoms with Crippen LogP contribution in [0.2, 0.25) is 0 Å². The Labute approximate surface area is 237 Å². The molecule has 0 aliphatic heterocycles. The molecule has 0 spiro atoms. The first kappa shape index (κ1) is 28.1. The molecule has 0 aliphatic rings. The minimum absolute atomic E-state index is 0.0555. The van der Waals surface area contributed by atoms with Crippen molar-refractivity contribution >= 4 is 46.8 Å². The van der Waals surface area contributed by atoms with Gasteiger partial charge in [0.05, 0.1) is 5.69 Å². The monoisotopic (exact) mass is 568 g/mol. The average molecular weight is 569 g/mol. The number of fused-ring (bicyclic) bond motifs is 2. The number of amides is 2. The van der Waals surface area contributed by atoms with Crippen LogP contribution in [0.25, 0.3) is 21.5 Å². The molecular formula is C32H29N2O6P. The van der Waals surface area contributed by atoms with Crippen molar-refractivity contribution in [2.45, 2.75) is 18.5 Å². The predicted octanol–water partition coefficient (Wildman–Crippen LogP) is 6.57. The maximum atomic E-state index is 13.7. The molecule has 41 heavy (non-hydrogen) atoms. The predicted molar refractivity (Wildman–Crippen MR) is 160 cm³/mol. The normalized spacial score (nSPS) is 12.1. The molecule has 208 valence electrons. The van der Waals surface area contributed by atoms with E-state index in [9.17, 15) is 23.9 Å². The Morgan fingerprint density at radius 1 is 0.756 bits per heavy atom. The summed E-state index contributed by atoms with van der Waals surface area (Å²) in [5.74, 6) is -0.862. The van der Waals surface area contributed by atoms with Gasteiger partial charge in [0.2, 0.25) is 5.91 Å². The fraction of sp³-hybridized carbons (Fsp3) is 0.125. The minimum Gasteiger partial charge on any atom is -0.408 e. The molecule has 0 bridgehead atoms. The van der Waals surface area contributed by atoms with Crippen LogP contribution in [0.15, 0.2) is 109 Å². The van der Waals surface area contributed by atoms with E-state index in [4.69, 9.17) is 4.74 Å². The molecule has 1 atom stereocenters. The van der Waals surface area contributed by atoms with Gasteiger partial charge >= 0.3 is 13.7 Å². The lowest BCUT2D eigenvalue weighted by Gasteiger charge is -2.21. The van der Waals surface area contributed by atoms with Crippen LogP contribution >= 0.6 is 7.60 Å². The molecule has 9 heteroatoms. The summed E-state index contributed by atoms with van der Waals surface area (Å²) in [7, 11) is -4.97. The zero-order valence-electron chi connectivity index (χ0n) is 22.1. The average Bonchev–Trinajstić information content (AvgIpc) is 2.96. The number of hydrogen-bond donors (Lipinski definition) is 4. The van der Waals surface area contributed by atoms with Crippen LogP contribution in [0.1, 0.15) is 23.2 Å². The van der Waals surface area contributed by atoms with E-state index in [0.717, 1.165) is 22.8 Å². The Balaban J connectivity index is 1.40. The second-order valence-corrected chi connectivity index (χ2v) is 11.3. The Morgan fingerprint density at radius 3 is 2.12 bits per heavy atom. The largest absolute Gasteiger partial charge is 0.412 e. The van der Waals surface area contributed by atoms with Crippen molar-refractivity contribution in [1.82, 2.24) is 5.32 Å². The van der Waals surface area contributed by atoms with Crippen molar-refractivity contribution in [1.29, 1.82) is 0 Å². The van der Waals surface area contributed by atoms with Gasteiger partial charge in [-0.3, -0.25) is 9.36 Å². The number of benzene rings is 5. The van der Waals surface area contributed by atoms with E-state index in [0.29, 0.717) is 23.7 Å². The number of nitrogens with one attached hydrogen (secondary N) is 2.